The highest BCUT2D eigenvalue weighted by Gasteiger charge is 2.23. The molecule has 3 aromatic rings. The fourth-order valence-electron chi connectivity index (χ4n) is 3.81. The van der Waals surface area contributed by atoms with E-state index in [4.69, 9.17) is 33.7 Å². The molecule has 1 aromatic carbocycles. The van der Waals surface area contributed by atoms with E-state index in [-0.39, 0.29) is 10.8 Å². The van der Waals surface area contributed by atoms with E-state index in [9.17, 15) is 4.39 Å². The predicted octanol–water partition coefficient (Wildman–Crippen LogP) is 5.11. The second-order valence-corrected chi connectivity index (χ2v) is 8.13. The molecule has 9 heteroatoms. The molecular weight excluding hydrogens is 428 g/mol. The van der Waals surface area contributed by atoms with Gasteiger partial charge in [-0.3, -0.25) is 5.10 Å². The van der Waals surface area contributed by atoms with E-state index in [1.165, 1.54) is 12.1 Å². The molecule has 0 aliphatic carbocycles. The first-order valence-corrected chi connectivity index (χ1v) is 10.5. The first kappa shape index (κ1) is 20.9. The minimum absolute atomic E-state index is 0.0688. The van der Waals surface area contributed by atoms with Crippen molar-refractivity contribution in [3.05, 3.63) is 57.7 Å². The number of pyridine rings is 1. The van der Waals surface area contributed by atoms with Gasteiger partial charge in [-0.2, -0.15) is 5.10 Å². The maximum absolute atomic E-state index is 13.9. The Labute approximate surface area is 183 Å². The number of nitrogens with two attached hydrogens (primary N) is 1. The van der Waals surface area contributed by atoms with Gasteiger partial charge in [-0.15, -0.1) is 0 Å². The minimum Gasteiger partial charge on any atom is -0.482 e. The number of halogens is 3. The Morgan fingerprint density at radius 2 is 2.00 bits per heavy atom. The van der Waals surface area contributed by atoms with Crippen LogP contribution in [0.1, 0.15) is 43.0 Å². The van der Waals surface area contributed by atoms with E-state index in [2.05, 4.69) is 20.5 Å². The van der Waals surface area contributed by atoms with Crippen LogP contribution in [0.2, 0.25) is 10.0 Å². The highest BCUT2D eigenvalue weighted by atomic mass is 35.5. The zero-order valence-corrected chi connectivity index (χ0v) is 17.9. The number of aromatic amines is 1. The molecule has 4 rings (SSSR count). The Kier molecular flexibility index (Phi) is 6.13. The molecule has 30 heavy (non-hydrogen) atoms. The van der Waals surface area contributed by atoms with Crippen molar-refractivity contribution in [1.29, 1.82) is 0 Å². The van der Waals surface area contributed by atoms with Gasteiger partial charge in [-0.05, 0) is 51.1 Å². The summed E-state index contributed by atoms with van der Waals surface area (Å²) >= 11 is 12.3. The van der Waals surface area contributed by atoms with Crippen LogP contribution in [-0.4, -0.2) is 28.3 Å². The molecule has 0 unspecified atom stereocenters. The summed E-state index contributed by atoms with van der Waals surface area (Å²) in [6.45, 7) is 3.69. The van der Waals surface area contributed by atoms with Gasteiger partial charge in [0, 0.05) is 39.5 Å². The van der Waals surface area contributed by atoms with Crippen LogP contribution in [0, 0.1) is 5.82 Å². The molecule has 1 fully saturated rings. The average Bonchev–Trinajstić information content (AvgIpc) is 3.23. The number of nitrogens with one attached hydrogen (secondary N) is 2. The lowest BCUT2D eigenvalue weighted by Crippen LogP contribution is -2.27. The predicted molar refractivity (Wildman–Crippen MR) is 117 cm³/mol. The van der Waals surface area contributed by atoms with Gasteiger partial charge in [0.1, 0.15) is 11.9 Å². The van der Waals surface area contributed by atoms with Crippen LogP contribution in [0.15, 0.2) is 30.6 Å². The van der Waals surface area contributed by atoms with Crippen LogP contribution in [0.3, 0.4) is 0 Å². The third-order valence-corrected chi connectivity index (χ3v) is 6.11. The quantitative estimate of drug-likeness (QED) is 0.471. The Balaban J connectivity index is 1.64. The average molecular weight is 450 g/mol. The molecular formula is C21H22Cl2FN5O. The first-order chi connectivity index (χ1) is 14.5. The summed E-state index contributed by atoms with van der Waals surface area (Å²) in [6, 6.07) is 4.49. The van der Waals surface area contributed by atoms with Crippen molar-refractivity contribution in [1.82, 2.24) is 20.5 Å². The number of hydrogen-bond donors (Lipinski definition) is 3. The van der Waals surface area contributed by atoms with Gasteiger partial charge in [0.05, 0.1) is 11.2 Å². The fraction of sp³-hybridized carbons (Fsp3) is 0.333. The highest BCUT2D eigenvalue weighted by molar-refractivity contribution is 6.36. The third-order valence-electron chi connectivity index (χ3n) is 5.40. The van der Waals surface area contributed by atoms with Gasteiger partial charge in [0.2, 0.25) is 0 Å². The van der Waals surface area contributed by atoms with E-state index < -0.39 is 11.9 Å². The molecule has 1 atom stereocenters. The van der Waals surface area contributed by atoms with E-state index in [0.29, 0.717) is 22.3 Å². The smallest absolute Gasteiger partial charge is 0.166 e. The lowest BCUT2D eigenvalue weighted by atomic mass is 9.90. The number of piperidine rings is 1. The largest absolute Gasteiger partial charge is 0.482 e. The molecule has 0 spiro atoms. The standard InChI is InChI=1S/C21H22Cl2FN5O/c1-11(18-15(22)2-3-16(24)19(18)23)30-17-8-13(9-27-21(17)25)14-10-28-29-20(14)12-4-6-26-7-5-12/h2-3,8-12,26H,4-7H2,1H3,(H2,25,27)(H,28,29)/t11-/m1/s1. The van der Waals surface area contributed by atoms with E-state index >= 15 is 0 Å². The minimum atomic E-state index is -0.631. The van der Waals surface area contributed by atoms with Gasteiger partial charge < -0.3 is 15.8 Å². The maximum atomic E-state index is 13.9. The van der Waals surface area contributed by atoms with Crippen molar-refractivity contribution in [3.8, 4) is 16.9 Å². The summed E-state index contributed by atoms with van der Waals surface area (Å²) in [5, 5.41) is 11.0. The summed E-state index contributed by atoms with van der Waals surface area (Å²) in [5.74, 6) is 0.431. The Morgan fingerprint density at radius 1 is 1.23 bits per heavy atom. The molecule has 4 N–H and O–H groups in total. The van der Waals surface area contributed by atoms with Gasteiger partial charge in [-0.25, -0.2) is 9.37 Å². The molecule has 1 saturated heterocycles. The molecule has 0 saturated carbocycles. The number of ether oxygens (including phenoxy) is 1. The van der Waals surface area contributed by atoms with Crippen LogP contribution in [-0.2, 0) is 0 Å². The highest BCUT2D eigenvalue weighted by Crippen LogP contribution is 2.38. The normalized spacial score (nSPS) is 15.9. The number of hydrogen-bond acceptors (Lipinski definition) is 5. The monoisotopic (exact) mass is 449 g/mol. The maximum Gasteiger partial charge on any atom is 0.166 e. The van der Waals surface area contributed by atoms with Gasteiger partial charge in [0.25, 0.3) is 0 Å². The Morgan fingerprint density at radius 3 is 2.77 bits per heavy atom. The van der Waals surface area contributed by atoms with E-state index in [1.807, 2.05) is 6.07 Å². The van der Waals surface area contributed by atoms with Crippen LogP contribution in [0.4, 0.5) is 10.2 Å². The number of nitrogen functional groups attached to an aromatic ring is 1. The van der Waals surface area contributed by atoms with Gasteiger partial charge in [-0.1, -0.05) is 23.2 Å². The van der Waals surface area contributed by atoms with Crippen molar-refractivity contribution < 1.29 is 9.13 Å². The first-order valence-electron chi connectivity index (χ1n) is 9.75. The molecule has 2 aromatic heterocycles. The van der Waals surface area contributed by atoms with E-state index in [0.717, 1.165) is 42.8 Å². The van der Waals surface area contributed by atoms with Crippen LogP contribution in [0.25, 0.3) is 11.1 Å². The summed E-state index contributed by atoms with van der Waals surface area (Å²) < 4.78 is 19.9. The van der Waals surface area contributed by atoms with Crippen LogP contribution in [0.5, 0.6) is 5.75 Å². The summed E-state index contributed by atoms with van der Waals surface area (Å²) in [6.07, 6.45) is 4.93. The molecule has 3 heterocycles. The zero-order chi connectivity index (χ0) is 21.3. The number of H-pyrrole nitrogens is 1. The third kappa shape index (κ3) is 4.10. The lowest BCUT2D eigenvalue weighted by molar-refractivity contribution is 0.227. The van der Waals surface area contributed by atoms with Crippen molar-refractivity contribution in [2.45, 2.75) is 31.8 Å². The molecule has 0 bridgehead atoms. The van der Waals surface area contributed by atoms with Crippen LogP contribution >= 0.6 is 23.2 Å². The van der Waals surface area contributed by atoms with Gasteiger partial charge >= 0.3 is 0 Å². The fourth-order valence-corrected chi connectivity index (χ4v) is 4.49. The Hall–Kier alpha value is -2.35. The summed E-state index contributed by atoms with van der Waals surface area (Å²) in [4.78, 5) is 4.29. The van der Waals surface area contributed by atoms with E-state index in [1.54, 1.807) is 19.3 Å². The van der Waals surface area contributed by atoms with Crippen molar-refractivity contribution in [3.63, 3.8) is 0 Å². The topological polar surface area (TPSA) is 88.8 Å². The molecule has 0 radical (unpaired) electrons. The lowest BCUT2D eigenvalue weighted by Gasteiger charge is -2.23. The molecule has 6 nitrogen and oxygen atoms in total. The number of rotatable bonds is 5. The van der Waals surface area contributed by atoms with Crippen molar-refractivity contribution in [2.24, 2.45) is 0 Å². The molecule has 1 aliphatic heterocycles. The zero-order valence-electron chi connectivity index (χ0n) is 16.4. The van der Waals surface area contributed by atoms with Crippen molar-refractivity contribution in [2.75, 3.05) is 18.8 Å². The SMILES string of the molecule is C[C@@H](Oc1cc(-c2cn[nH]c2C2CCNCC2)cnc1N)c1c(Cl)ccc(F)c1Cl. The number of anilines is 1. The van der Waals surface area contributed by atoms with Crippen molar-refractivity contribution >= 4 is 29.0 Å². The number of benzene rings is 1. The number of aromatic nitrogens is 3. The molecule has 0 amide bonds. The molecule has 1 aliphatic rings. The second-order valence-electron chi connectivity index (χ2n) is 7.35. The summed E-state index contributed by atoms with van der Waals surface area (Å²) in [7, 11) is 0. The Bertz CT molecular complexity index is 1050. The molecule has 158 valence electrons. The summed E-state index contributed by atoms with van der Waals surface area (Å²) in [5.41, 5.74) is 9.30. The van der Waals surface area contributed by atoms with Gasteiger partial charge in [0.15, 0.2) is 11.6 Å². The number of nitrogens with zero attached hydrogens (tertiary/aromatic N) is 2. The second kappa shape index (κ2) is 8.79. The van der Waals surface area contributed by atoms with Crippen LogP contribution < -0.4 is 15.8 Å².